The van der Waals surface area contributed by atoms with Crippen molar-refractivity contribution in [2.75, 3.05) is 13.1 Å². The molecule has 2 aromatic carbocycles. The maximum absolute atomic E-state index is 12.7. The quantitative estimate of drug-likeness (QED) is 0.735. The van der Waals surface area contributed by atoms with Gasteiger partial charge < -0.3 is 10.6 Å². The third-order valence-electron chi connectivity index (χ3n) is 5.43. The lowest BCUT2D eigenvalue weighted by Crippen LogP contribution is -2.48. The molecule has 1 aliphatic rings. The number of nitrogens with zero attached hydrogens (tertiary/aromatic N) is 3. The molecule has 0 radical (unpaired) electrons. The molecule has 0 aliphatic carbocycles. The number of piperidine rings is 1. The third-order valence-corrected chi connectivity index (χ3v) is 5.43. The maximum Gasteiger partial charge on any atom is 0.273 e. The number of carbonyl (C=O) groups excluding carboxylic acids is 1. The minimum Gasteiger partial charge on any atom is -0.347 e. The summed E-state index contributed by atoms with van der Waals surface area (Å²) in [4.78, 5) is 12.7. The summed E-state index contributed by atoms with van der Waals surface area (Å²) in [5.41, 5.74) is 4.32. The van der Waals surface area contributed by atoms with Gasteiger partial charge in [0.25, 0.3) is 5.91 Å². The fourth-order valence-electron chi connectivity index (χ4n) is 3.68. The third kappa shape index (κ3) is 3.68. The Balaban J connectivity index is 1.52. The van der Waals surface area contributed by atoms with E-state index in [1.54, 1.807) is 4.68 Å². The second kappa shape index (κ2) is 7.94. The number of benzene rings is 2. The highest BCUT2D eigenvalue weighted by atomic mass is 16.2. The number of carbonyl (C=O) groups is 1. The second-order valence-electron chi connectivity index (χ2n) is 7.40. The summed E-state index contributed by atoms with van der Waals surface area (Å²) in [7, 11) is 0. The molecular weight excluding hydrogens is 350 g/mol. The van der Waals surface area contributed by atoms with Crippen LogP contribution in [0.2, 0.25) is 0 Å². The van der Waals surface area contributed by atoms with Crippen molar-refractivity contribution in [2.45, 2.75) is 26.3 Å². The molecule has 6 nitrogen and oxygen atoms in total. The highest BCUT2D eigenvalue weighted by Crippen LogP contribution is 2.21. The normalized spacial score (nSPS) is 19.4. The molecule has 2 unspecified atom stereocenters. The van der Waals surface area contributed by atoms with E-state index in [-0.39, 0.29) is 11.9 Å². The van der Waals surface area contributed by atoms with Gasteiger partial charge in [0.1, 0.15) is 0 Å². The van der Waals surface area contributed by atoms with Crippen LogP contribution >= 0.6 is 0 Å². The van der Waals surface area contributed by atoms with Crippen molar-refractivity contribution < 1.29 is 4.79 Å². The zero-order valence-electron chi connectivity index (χ0n) is 16.2. The van der Waals surface area contributed by atoms with Gasteiger partial charge >= 0.3 is 0 Å². The predicted octanol–water partition coefficient (Wildman–Crippen LogP) is 2.97. The first-order chi connectivity index (χ1) is 13.6. The molecule has 1 amide bonds. The molecule has 1 saturated heterocycles. The number of nitrogens with one attached hydrogen (secondary N) is 2. The van der Waals surface area contributed by atoms with Crippen LogP contribution in [0.1, 0.15) is 29.5 Å². The summed E-state index contributed by atoms with van der Waals surface area (Å²) >= 11 is 0. The first-order valence-corrected chi connectivity index (χ1v) is 9.73. The van der Waals surface area contributed by atoms with Gasteiger partial charge in [-0.2, -0.15) is 0 Å². The first-order valence-electron chi connectivity index (χ1n) is 9.73. The smallest absolute Gasteiger partial charge is 0.273 e. The largest absolute Gasteiger partial charge is 0.347 e. The van der Waals surface area contributed by atoms with E-state index in [0.717, 1.165) is 36.5 Å². The van der Waals surface area contributed by atoms with Crippen LogP contribution in [0.3, 0.4) is 0 Å². The molecule has 1 fully saturated rings. The molecule has 0 bridgehead atoms. The average Bonchev–Trinajstić information content (AvgIpc) is 3.12. The van der Waals surface area contributed by atoms with Gasteiger partial charge in [-0.15, -0.1) is 5.10 Å². The highest BCUT2D eigenvalue weighted by molar-refractivity contribution is 5.93. The van der Waals surface area contributed by atoms with E-state index in [0.29, 0.717) is 11.6 Å². The van der Waals surface area contributed by atoms with Gasteiger partial charge in [-0.1, -0.05) is 54.6 Å². The molecule has 144 valence electrons. The molecule has 1 aromatic heterocycles. The molecule has 3 aromatic rings. The average molecular weight is 375 g/mol. The molecule has 0 spiro atoms. The van der Waals surface area contributed by atoms with Crippen molar-refractivity contribution in [3.8, 4) is 16.8 Å². The Morgan fingerprint density at radius 3 is 2.54 bits per heavy atom. The summed E-state index contributed by atoms with van der Waals surface area (Å²) < 4.78 is 1.72. The Kier molecular flexibility index (Phi) is 5.21. The van der Waals surface area contributed by atoms with Gasteiger partial charge in [-0.05, 0) is 55.6 Å². The molecule has 6 heteroatoms. The van der Waals surface area contributed by atoms with Crippen molar-refractivity contribution in [2.24, 2.45) is 5.92 Å². The van der Waals surface area contributed by atoms with Crippen molar-refractivity contribution in [3.05, 3.63) is 66.0 Å². The van der Waals surface area contributed by atoms with Gasteiger partial charge in [0, 0.05) is 6.04 Å². The van der Waals surface area contributed by atoms with E-state index >= 15 is 0 Å². The van der Waals surface area contributed by atoms with Gasteiger partial charge in [0.2, 0.25) is 0 Å². The topological polar surface area (TPSA) is 71.8 Å². The van der Waals surface area contributed by atoms with Crippen LogP contribution in [0.25, 0.3) is 16.8 Å². The van der Waals surface area contributed by atoms with Crippen LogP contribution < -0.4 is 10.6 Å². The number of aromatic nitrogens is 3. The van der Waals surface area contributed by atoms with Crippen LogP contribution in [0.5, 0.6) is 0 Å². The summed E-state index contributed by atoms with van der Waals surface area (Å²) in [6.07, 6.45) is 0.932. The van der Waals surface area contributed by atoms with Gasteiger partial charge in [-0.25, -0.2) is 4.68 Å². The van der Waals surface area contributed by atoms with Crippen LogP contribution in [-0.2, 0) is 0 Å². The van der Waals surface area contributed by atoms with Crippen LogP contribution in [0.4, 0.5) is 0 Å². The lowest BCUT2D eigenvalue weighted by Gasteiger charge is -2.29. The molecular formula is C22H25N5O. The predicted molar refractivity (Wildman–Crippen MR) is 109 cm³/mol. The molecule has 2 heterocycles. The van der Waals surface area contributed by atoms with E-state index in [9.17, 15) is 4.79 Å². The summed E-state index contributed by atoms with van der Waals surface area (Å²) in [6, 6.07) is 18.5. The standard InChI is InChI=1S/C22H25N5O/c1-15-14-23-13-12-20(15)24-22(28)21-16(2)27(26-25-21)19-10-8-18(9-11-19)17-6-4-3-5-7-17/h3-11,15,20,23H,12-14H2,1-2H3,(H,24,28). The van der Waals surface area contributed by atoms with Crippen molar-refractivity contribution in [3.63, 3.8) is 0 Å². The Bertz CT molecular complexity index is 949. The van der Waals surface area contributed by atoms with E-state index in [1.165, 1.54) is 5.56 Å². The fourth-order valence-corrected chi connectivity index (χ4v) is 3.68. The van der Waals surface area contributed by atoms with Crippen LogP contribution in [-0.4, -0.2) is 40.0 Å². The number of hydrogen-bond donors (Lipinski definition) is 2. The highest BCUT2D eigenvalue weighted by Gasteiger charge is 2.25. The van der Waals surface area contributed by atoms with E-state index in [4.69, 9.17) is 0 Å². The Morgan fingerprint density at radius 1 is 1.11 bits per heavy atom. The summed E-state index contributed by atoms with van der Waals surface area (Å²) in [5, 5.41) is 14.8. The van der Waals surface area contributed by atoms with E-state index in [1.807, 2.05) is 37.3 Å². The maximum atomic E-state index is 12.7. The Hall–Kier alpha value is -2.99. The van der Waals surface area contributed by atoms with Gasteiger partial charge in [-0.3, -0.25) is 4.79 Å². The van der Waals surface area contributed by atoms with Crippen molar-refractivity contribution in [1.29, 1.82) is 0 Å². The van der Waals surface area contributed by atoms with Gasteiger partial charge in [0.15, 0.2) is 5.69 Å². The van der Waals surface area contributed by atoms with Crippen LogP contribution in [0.15, 0.2) is 54.6 Å². The first kappa shape index (κ1) is 18.4. The monoisotopic (exact) mass is 375 g/mol. The summed E-state index contributed by atoms with van der Waals surface area (Å²) in [6.45, 7) is 5.88. The van der Waals surface area contributed by atoms with E-state index in [2.05, 4.69) is 52.1 Å². The number of rotatable bonds is 4. The molecule has 0 saturated carbocycles. The zero-order valence-corrected chi connectivity index (χ0v) is 16.2. The molecule has 1 aliphatic heterocycles. The molecule has 4 rings (SSSR count). The number of hydrogen-bond acceptors (Lipinski definition) is 4. The van der Waals surface area contributed by atoms with Crippen molar-refractivity contribution in [1.82, 2.24) is 25.6 Å². The summed E-state index contributed by atoms with van der Waals surface area (Å²) in [5.74, 6) is 0.252. The van der Waals surface area contributed by atoms with Crippen LogP contribution in [0, 0.1) is 12.8 Å². The zero-order chi connectivity index (χ0) is 19.5. The van der Waals surface area contributed by atoms with Gasteiger partial charge in [0.05, 0.1) is 11.4 Å². The Labute approximate surface area is 165 Å². The molecule has 28 heavy (non-hydrogen) atoms. The fraction of sp³-hybridized carbons (Fsp3) is 0.318. The SMILES string of the molecule is Cc1c(C(=O)NC2CCNCC2C)nnn1-c1ccc(-c2ccccc2)cc1. The van der Waals surface area contributed by atoms with Crippen molar-refractivity contribution >= 4 is 5.91 Å². The second-order valence-corrected chi connectivity index (χ2v) is 7.40. The molecule has 2 atom stereocenters. The lowest BCUT2D eigenvalue weighted by atomic mass is 9.95. The lowest BCUT2D eigenvalue weighted by molar-refractivity contribution is 0.0908. The minimum atomic E-state index is -0.150. The minimum absolute atomic E-state index is 0.150. The Morgan fingerprint density at radius 2 is 1.82 bits per heavy atom. The van der Waals surface area contributed by atoms with E-state index < -0.39 is 0 Å². The number of amides is 1. The molecule has 2 N–H and O–H groups in total.